The highest BCUT2D eigenvalue weighted by Gasteiger charge is 2.31. The number of aromatic nitrogens is 2. The van der Waals surface area contributed by atoms with Crippen molar-refractivity contribution in [2.75, 3.05) is 7.11 Å². The third-order valence-corrected chi connectivity index (χ3v) is 5.81. The fourth-order valence-electron chi connectivity index (χ4n) is 3.21. The van der Waals surface area contributed by atoms with Gasteiger partial charge < -0.3 is 33.3 Å². The monoisotopic (exact) mass is 515 g/mol. The molecule has 1 unspecified atom stereocenters. The van der Waals surface area contributed by atoms with E-state index in [0.29, 0.717) is 11.1 Å². The first-order valence-corrected chi connectivity index (χ1v) is 9.96. The van der Waals surface area contributed by atoms with Crippen molar-refractivity contribution in [2.24, 2.45) is 12.2 Å². The number of sulfonamides is 1. The van der Waals surface area contributed by atoms with Crippen LogP contribution in [0.2, 0.25) is 0 Å². The Bertz CT molecular complexity index is 1140. The van der Waals surface area contributed by atoms with E-state index in [0.717, 1.165) is 16.5 Å². The summed E-state index contributed by atoms with van der Waals surface area (Å²) in [5.41, 5.74) is 3.16. The summed E-state index contributed by atoms with van der Waals surface area (Å²) in [5, 5.41) is 5.04. The molecule has 2 heterocycles. The molecule has 0 bridgehead atoms. The van der Waals surface area contributed by atoms with Crippen LogP contribution in [-0.2, 0) is 21.8 Å². The Morgan fingerprint density at radius 1 is 1.21 bits per heavy atom. The van der Waals surface area contributed by atoms with Gasteiger partial charge in [-0.05, 0) is 31.5 Å². The Morgan fingerprint density at radius 2 is 1.82 bits per heavy atom. The summed E-state index contributed by atoms with van der Waals surface area (Å²) in [6, 6.07) is 9.33. The molecule has 28 heavy (non-hydrogen) atoms. The lowest BCUT2D eigenvalue weighted by atomic mass is 10.0. The maximum atomic E-state index is 12.7. The van der Waals surface area contributed by atoms with Crippen LogP contribution >= 0.6 is 0 Å². The van der Waals surface area contributed by atoms with Crippen LogP contribution in [0.15, 0.2) is 42.7 Å². The van der Waals surface area contributed by atoms with Crippen LogP contribution in [0.1, 0.15) is 28.3 Å². The van der Waals surface area contributed by atoms with Crippen LogP contribution < -0.4 is 33.7 Å². The zero-order chi connectivity index (χ0) is 19.9. The average molecular weight is 515 g/mol. The number of carbonyl (C=O) groups is 1. The minimum atomic E-state index is -3.95. The Balaban J connectivity index is 0.00000280. The van der Waals surface area contributed by atoms with Crippen molar-refractivity contribution in [3.05, 3.63) is 54.0 Å². The average Bonchev–Trinajstić information content (AvgIpc) is 2.94. The van der Waals surface area contributed by atoms with Crippen LogP contribution in [0.5, 0.6) is 0 Å². The second kappa shape index (κ2) is 8.18. The van der Waals surface area contributed by atoms with E-state index in [1.165, 1.54) is 18.6 Å². The number of fused-ring (bicyclic) bond motifs is 1. The van der Waals surface area contributed by atoms with Gasteiger partial charge in [0.05, 0.1) is 12.6 Å². The van der Waals surface area contributed by atoms with Gasteiger partial charge in [0.15, 0.2) is 12.4 Å². The second-order valence-electron chi connectivity index (χ2n) is 6.55. The molecule has 2 aromatic heterocycles. The summed E-state index contributed by atoms with van der Waals surface area (Å²) < 4.78 is 32.5. The molecule has 0 aliphatic rings. The number of esters is 1. The van der Waals surface area contributed by atoms with Gasteiger partial charge in [0.25, 0.3) is 0 Å². The number of hydrogen-bond acceptors (Lipinski definition) is 4. The fraction of sp³-hybridized carbons (Fsp3) is 0.263. The maximum absolute atomic E-state index is 12.7. The summed E-state index contributed by atoms with van der Waals surface area (Å²) in [6.45, 7) is 3.39. The Kier molecular flexibility index (Phi) is 6.51. The smallest absolute Gasteiger partial charge is 0.355 e. The predicted octanol–water partition coefficient (Wildman–Crippen LogP) is -0.961. The molecule has 2 N–H and O–H groups in total. The molecule has 0 aliphatic carbocycles. The number of methoxy groups -OCH3 is 1. The molecule has 3 rings (SSSR count). The van der Waals surface area contributed by atoms with Gasteiger partial charge in [-0.25, -0.2) is 22.9 Å². The molecule has 7 nitrogen and oxygen atoms in total. The zero-order valence-corrected chi connectivity index (χ0v) is 19.0. The lowest BCUT2D eigenvalue weighted by Gasteiger charge is -2.16. The standard InChI is InChI=1S/C19H22N3O4S.HI/c1-12-5-6-16-15(11-12)17(14-7-9-21(3)10-8-14)18(19(23)26-4)22(16)13(2)27(20,24)25;/h5-11,13H,1-4H3,(H2,20,24,25);1H/q+1;/p-1. The van der Waals surface area contributed by atoms with Crippen molar-refractivity contribution in [2.45, 2.75) is 19.2 Å². The number of halogens is 1. The number of ether oxygens (including phenoxy) is 1. The van der Waals surface area contributed by atoms with E-state index >= 15 is 0 Å². The number of benzene rings is 1. The Morgan fingerprint density at radius 3 is 2.36 bits per heavy atom. The van der Waals surface area contributed by atoms with Crippen LogP contribution in [0.3, 0.4) is 0 Å². The summed E-state index contributed by atoms with van der Waals surface area (Å²) in [4.78, 5) is 12.7. The molecule has 0 saturated carbocycles. The normalized spacial score (nSPS) is 12.5. The van der Waals surface area contributed by atoms with Gasteiger partial charge in [-0.3, -0.25) is 0 Å². The Hall–Kier alpha value is -1.98. The maximum Gasteiger partial charge on any atom is 0.355 e. The van der Waals surface area contributed by atoms with Crippen molar-refractivity contribution < 1.29 is 46.5 Å². The third-order valence-electron chi connectivity index (χ3n) is 4.64. The van der Waals surface area contributed by atoms with Gasteiger partial charge in [-0.1, -0.05) is 11.6 Å². The van der Waals surface area contributed by atoms with Crippen molar-refractivity contribution in [3.63, 3.8) is 0 Å². The second-order valence-corrected chi connectivity index (χ2v) is 8.41. The molecule has 0 amide bonds. The highest BCUT2D eigenvalue weighted by atomic mass is 127. The zero-order valence-electron chi connectivity index (χ0n) is 16.0. The van der Waals surface area contributed by atoms with Crippen molar-refractivity contribution in [3.8, 4) is 11.1 Å². The summed E-state index contributed by atoms with van der Waals surface area (Å²) in [5.74, 6) is -0.623. The summed E-state index contributed by atoms with van der Waals surface area (Å²) >= 11 is 0. The molecule has 0 saturated heterocycles. The van der Waals surface area contributed by atoms with Gasteiger partial charge in [0.2, 0.25) is 10.0 Å². The Labute approximate surface area is 181 Å². The summed E-state index contributed by atoms with van der Waals surface area (Å²) in [7, 11) is -0.786. The van der Waals surface area contributed by atoms with Crippen LogP contribution in [0.25, 0.3) is 22.0 Å². The molecular formula is C19H22IN3O4S. The minimum absolute atomic E-state index is 0. The third kappa shape index (κ3) is 3.91. The van der Waals surface area contributed by atoms with Crippen molar-refractivity contribution in [1.82, 2.24) is 4.57 Å². The molecule has 150 valence electrons. The van der Waals surface area contributed by atoms with E-state index in [1.807, 2.05) is 55.2 Å². The molecule has 1 aromatic carbocycles. The number of carbonyl (C=O) groups excluding carboxylic acids is 1. The number of primary sulfonamides is 1. The van der Waals surface area contributed by atoms with Crippen molar-refractivity contribution >= 4 is 26.9 Å². The SMILES string of the molecule is COC(=O)c1c(-c2cc[n+](C)cc2)c2cc(C)ccc2n1C(C)S(N)(=O)=O.[I-]. The lowest BCUT2D eigenvalue weighted by Crippen LogP contribution is -3.00. The summed E-state index contributed by atoms with van der Waals surface area (Å²) in [6.07, 6.45) is 3.72. The fourth-order valence-corrected chi connectivity index (χ4v) is 3.72. The molecule has 0 aliphatic heterocycles. The molecule has 0 radical (unpaired) electrons. The van der Waals surface area contributed by atoms with Crippen LogP contribution in [-0.4, -0.2) is 26.1 Å². The van der Waals surface area contributed by atoms with E-state index in [-0.39, 0.29) is 29.7 Å². The highest BCUT2D eigenvalue weighted by molar-refractivity contribution is 7.89. The van der Waals surface area contributed by atoms with E-state index in [9.17, 15) is 13.2 Å². The number of aryl methyl sites for hydroxylation is 2. The van der Waals surface area contributed by atoms with Gasteiger partial charge in [0.1, 0.15) is 18.1 Å². The quantitative estimate of drug-likeness (QED) is 0.275. The van der Waals surface area contributed by atoms with E-state index in [1.54, 1.807) is 6.07 Å². The first kappa shape index (κ1) is 22.3. The number of nitrogens with two attached hydrogens (primary N) is 1. The lowest BCUT2D eigenvalue weighted by molar-refractivity contribution is -0.671. The largest absolute Gasteiger partial charge is 1.00 e. The van der Waals surface area contributed by atoms with Gasteiger partial charge in [0, 0.05) is 23.1 Å². The molecule has 3 aromatic rings. The predicted molar refractivity (Wildman–Crippen MR) is 102 cm³/mol. The van der Waals surface area contributed by atoms with Crippen LogP contribution in [0, 0.1) is 6.92 Å². The highest BCUT2D eigenvalue weighted by Crippen LogP contribution is 2.38. The van der Waals surface area contributed by atoms with Gasteiger partial charge in [-0.2, -0.15) is 0 Å². The first-order valence-electron chi connectivity index (χ1n) is 8.35. The van der Waals surface area contributed by atoms with Gasteiger partial charge in [-0.15, -0.1) is 0 Å². The number of pyridine rings is 1. The molecule has 9 heteroatoms. The number of hydrogen-bond donors (Lipinski definition) is 1. The minimum Gasteiger partial charge on any atom is -1.00 e. The first-order chi connectivity index (χ1) is 12.6. The number of nitrogens with zero attached hydrogens (tertiary/aromatic N) is 2. The molecule has 1 atom stereocenters. The van der Waals surface area contributed by atoms with E-state index in [2.05, 4.69) is 0 Å². The van der Waals surface area contributed by atoms with E-state index < -0.39 is 21.4 Å². The van der Waals surface area contributed by atoms with Gasteiger partial charge >= 0.3 is 5.97 Å². The topological polar surface area (TPSA) is 95.3 Å². The van der Waals surface area contributed by atoms with Crippen LogP contribution in [0.4, 0.5) is 0 Å². The number of rotatable bonds is 4. The molecule has 0 fully saturated rings. The molecule has 0 spiro atoms. The van der Waals surface area contributed by atoms with Crippen molar-refractivity contribution in [1.29, 1.82) is 0 Å². The van der Waals surface area contributed by atoms with E-state index in [4.69, 9.17) is 9.88 Å². The molecular weight excluding hydrogens is 493 g/mol.